The zero-order valence-electron chi connectivity index (χ0n) is 20.2. The maximum Gasteiger partial charge on any atom is 0.303 e. The number of rotatable bonds is 11. The van der Waals surface area contributed by atoms with Crippen molar-refractivity contribution in [3.8, 4) is 0 Å². The molecule has 0 radical (unpaired) electrons. The number of anilines is 3. The SMILES string of the molecule is CCCCc1ccc(C(=O)c2ccc(Nc3ccc(Br)cc3NC(=O)CCC(=O)O)cc2Cl)c(C)c1. The summed E-state index contributed by atoms with van der Waals surface area (Å²) >= 11 is 9.90. The lowest BCUT2D eigenvalue weighted by atomic mass is 9.95. The van der Waals surface area contributed by atoms with Gasteiger partial charge in [0.2, 0.25) is 5.91 Å². The van der Waals surface area contributed by atoms with Crippen LogP contribution in [-0.2, 0) is 16.0 Å². The van der Waals surface area contributed by atoms with Crippen LogP contribution in [0.25, 0.3) is 0 Å². The van der Waals surface area contributed by atoms with Gasteiger partial charge in [0.25, 0.3) is 0 Å². The molecule has 1 amide bonds. The standard InChI is InChI=1S/C28H28BrClN2O4/c1-3-4-5-18-6-9-21(17(2)14-18)28(36)22-10-8-20(16-23(22)30)31-24-11-7-19(29)15-25(24)32-26(33)12-13-27(34)35/h6-11,14-16,31H,3-5,12-13H2,1-2H3,(H,32,33)(H,34,35). The first-order valence-corrected chi connectivity index (χ1v) is 12.9. The van der Waals surface area contributed by atoms with Gasteiger partial charge in [0.1, 0.15) is 0 Å². The zero-order chi connectivity index (χ0) is 26.2. The lowest BCUT2D eigenvalue weighted by Gasteiger charge is -2.15. The Bertz CT molecular complexity index is 1290. The second-order valence-corrected chi connectivity index (χ2v) is 9.86. The lowest BCUT2D eigenvalue weighted by Crippen LogP contribution is -2.14. The summed E-state index contributed by atoms with van der Waals surface area (Å²) in [6.07, 6.45) is 2.83. The van der Waals surface area contributed by atoms with Crippen LogP contribution in [0.5, 0.6) is 0 Å². The molecule has 3 N–H and O–H groups in total. The third-order valence-electron chi connectivity index (χ3n) is 5.67. The number of carboxylic acid groups (broad SMARTS) is 1. The van der Waals surface area contributed by atoms with Crippen molar-refractivity contribution in [2.24, 2.45) is 0 Å². The van der Waals surface area contributed by atoms with Gasteiger partial charge in [0, 0.05) is 27.7 Å². The number of benzene rings is 3. The van der Waals surface area contributed by atoms with Crippen molar-refractivity contribution in [1.82, 2.24) is 0 Å². The Morgan fingerprint density at radius 3 is 2.36 bits per heavy atom. The molecule has 6 nitrogen and oxygen atoms in total. The topological polar surface area (TPSA) is 95.5 Å². The van der Waals surface area contributed by atoms with Gasteiger partial charge >= 0.3 is 5.97 Å². The highest BCUT2D eigenvalue weighted by atomic mass is 79.9. The molecule has 3 aromatic carbocycles. The number of aliphatic carboxylic acids is 1. The number of carbonyl (C=O) groups is 3. The van der Waals surface area contributed by atoms with Gasteiger partial charge in [-0.1, -0.05) is 59.1 Å². The highest BCUT2D eigenvalue weighted by Crippen LogP contribution is 2.32. The van der Waals surface area contributed by atoms with Gasteiger partial charge in [-0.15, -0.1) is 0 Å². The summed E-state index contributed by atoms with van der Waals surface area (Å²) in [6, 6.07) is 16.3. The highest BCUT2D eigenvalue weighted by Gasteiger charge is 2.17. The number of halogens is 2. The van der Waals surface area contributed by atoms with E-state index in [0.717, 1.165) is 29.3 Å². The minimum absolute atomic E-state index is 0.136. The minimum Gasteiger partial charge on any atom is -0.481 e. The number of aryl methyl sites for hydroxylation is 2. The number of unbranched alkanes of at least 4 members (excludes halogenated alkanes) is 1. The van der Waals surface area contributed by atoms with E-state index in [0.29, 0.717) is 33.2 Å². The highest BCUT2D eigenvalue weighted by molar-refractivity contribution is 9.10. The summed E-state index contributed by atoms with van der Waals surface area (Å²) in [7, 11) is 0. The Labute approximate surface area is 224 Å². The number of carbonyl (C=O) groups excluding carboxylic acids is 2. The average Bonchev–Trinajstić information content (AvgIpc) is 2.83. The smallest absolute Gasteiger partial charge is 0.303 e. The van der Waals surface area contributed by atoms with Crippen LogP contribution in [0.1, 0.15) is 59.7 Å². The molecule has 0 heterocycles. The second kappa shape index (κ2) is 12.7. The van der Waals surface area contributed by atoms with Gasteiger partial charge in [0.05, 0.1) is 22.8 Å². The Balaban J connectivity index is 1.78. The van der Waals surface area contributed by atoms with Crippen LogP contribution in [0.15, 0.2) is 59.1 Å². The zero-order valence-corrected chi connectivity index (χ0v) is 22.5. The molecule has 0 saturated heterocycles. The molecule has 0 aliphatic carbocycles. The van der Waals surface area contributed by atoms with Gasteiger partial charge in [-0.3, -0.25) is 14.4 Å². The molecule has 0 unspecified atom stereocenters. The van der Waals surface area contributed by atoms with E-state index in [1.807, 2.05) is 25.1 Å². The van der Waals surface area contributed by atoms with E-state index >= 15 is 0 Å². The Hall–Kier alpha value is -3.16. The van der Waals surface area contributed by atoms with Gasteiger partial charge < -0.3 is 15.7 Å². The predicted molar refractivity (Wildman–Crippen MR) is 148 cm³/mol. The fourth-order valence-corrected chi connectivity index (χ4v) is 4.38. The molecule has 3 rings (SSSR count). The minimum atomic E-state index is -1.04. The van der Waals surface area contributed by atoms with Crippen molar-refractivity contribution in [1.29, 1.82) is 0 Å². The van der Waals surface area contributed by atoms with Crippen molar-refractivity contribution in [3.05, 3.63) is 86.3 Å². The van der Waals surface area contributed by atoms with E-state index < -0.39 is 11.9 Å². The molecule has 0 atom stereocenters. The quantitative estimate of drug-likeness (QED) is 0.207. The molecule has 36 heavy (non-hydrogen) atoms. The molecule has 0 spiro atoms. The Kier molecular flexibility index (Phi) is 9.67. The van der Waals surface area contributed by atoms with Crippen LogP contribution >= 0.6 is 27.5 Å². The lowest BCUT2D eigenvalue weighted by molar-refractivity contribution is -0.138. The average molecular weight is 572 g/mol. The molecule has 0 bridgehead atoms. The van der Waals surface area contributed by atoms with Crippen molar-refractivity contribution < 1.29 is 19.5 Å². The van der Waals surface area contributed by atoms with Gasteiger partial charge in [-0.05, 0) is 67.3 Å². The molecule has 0 aliphatic heterocycles. The number of carboxylic acids is 1. The summed E-state index contributed by atoms with van der Waals surface area (Å²) in [6.45, 7) is 4.09. The maximum atomic E-state index is 13.2. The molecule has 188 valence electrons. The van der Waals surface area contributed by atoms with Crippen molar-refractivity contribution in [3.63, 3.8) is 0 Å². The molecular formula is C28H28BrClN2O4. The Morgan fingerprint density at radius 2 is 1.69 bits per heavy atom. The van der Waals surface area contributed by atoms with E-state index in [-0.39, 0.29) is 18.6 Å². The molecule has 0 saturated carbocycles. The molecule has 0 aliphatic rings. The summed E-state index contributed by atoms with van der Waals surface area (Å²) in [5.74, 6) is -1.58. The first-order chi connectivity index (χ1) is 17.2. The van der Waals surface area contributed by atoms with E-state index in [2.05, 4.69) is 39.6 Å². The maximum absolute atomic E-state index is 13.2. The van der Waals surface area contributed by atoms with E-state index in [1.54, 1.807) is 30.3 Å². The number of hydrogen-bond donors (Lipinski definition) is 3. The van der Waals surface area contributed by atoms with Gasteiger partial charge in [-0.25, -0.2) is 0 Å². The monoisotopic (exact) mass is 570 g/mol. The molecule has 3 aromatic rings. The summed E-state index contributed by atoms with van der Waals surface area (Å²) in [4.78, 5) is 36.1. The van der Waals surface area contributed by atoms with Crippen LogP contribution in [0.3, 0.4) is 0 Å². The molecule has 0 fully saturated rings. The third kappa shape index (κ3) is 7.42. The third-order valence-corrected chi connectivity index (χ3v) is 6.47. The molecule has 0 aromatic heterocycles. The van der Waals surface area contributed by atoms with E-state index in [4.69, 9.17) is 16.7 Å². The van der Waals surface area contributed by atoms with Gasteiger partial charge in [0.15, 0.2) is 5.78 Å². The summed E-state index contributed by atoms with van der Waals surface area (Å²) < 4.78 is 0.747. The number of ketones is 1. The van der Waals surface area contributed by atoms with Crippen molar-refractivity contribution >= 4 is 62.3 Å². The van der Waals surface area contributed by atoms with E-state index in [9.17, 15) is 14.4 Å². The first-order valence-electron chi connectivity index (χ1n) is 11.7. The van der Waals surface area contributed by atoms with Crippen molar-refractivity contribution in [2.75, 3.05) is 10.6 Å². The fraction of sp³-hybridized carbons (Fsp3) is 0.250. The van der Waals surface area contributed by atoms with E-state index in [1.165, 1.54) is 5.56 Å². The predicted octanol–water partition coefficient (Wildman–Crippen LogP) is 7.53. The van der Waals surface area contributed by atoms with Crippen LogP contribution in [0.4, 0.5) is 17.1 Å². The summed E-state index contributed by atoms with van der Waals surface area (Å²) in [5.41, 5.74) is 4.88. The number of nitrogens with one attached hydrogen (secondary N) is 2. The fourth-order valence-electron chi connectivity index (χ4n) is 3.76. The van der Waals surface area contributed by atoms with Crippen molar-refractivity contribution in [2.45, 2.75) is 46.0 Å². The number of amides is 1. The van der Waals surface area contributed by atoms with Gasteiger partial charge in [-0.2, -0.15) is 0 Å². The largest absolute Gasteiger partial charge is 0.481 e. The number of hydrogen-bond acceptors (Lipinski definition) is 4. The van der Waals surface area contributed by atoms with Crippen LogP contribution in [0, 0.1) is 6.92 Å². The molecule has 8 heteroatoms. The summed E-state index contributed by atoms with van der Waals surface area (Å²) in [5, 5.41) is 15.1. The second-order valence-electron chi connectivity index (χ2n) is 8.53. The first kappa shape index (κ1) is 27.4. The van der Waals surface area contributed by atoms with Crippen LogP contribution in [-0.4, -0.2) is 22.8 Å². The Morgan fingerprint density at radius 1 is 0.944 bits per heavy atom. The normalized spacial score (nSPS) is 10.7. The van der Waals surface area contributed by atoms with Crippen LogP contribution in [0.2, 0.25) is 5.02 Å². The van der Waals surface area contributed by atoms with Crippen LogP contribution < -0.4 is 10.6 Å². The molecular weight excluding hydrogens is 544 g/mol.